The average Bonchev–Trinajstić information content (AvgIpc) is 2.47. The van der Waals surface area contributed by atoms with E-state index < -0.39 is 0 Å². The second-order valence-electron chi connectivity index (χ2n) is 2.67. The molecule has 1 heterocycles. The van der Waals surface area contributed by atoms with Crippen molar-refractivity contribution in [1.29, 1.82) is 0 Å². The van der Waals surface area contributed by atoms with E-state index in [2.05, 4.69) is 20.9 Å². The average molecular weight is 226 g/mol. The summed E-state index contributed by atoms with van der Waals surface area (Å²) in [5.74, 6) is 0. The molecule has 12 heavy (non-hydrogen) atoms. The number of hydrogen-bond donors (Lipinski definition) is 2. The lowest BCUT2D eigenvalue weighted by Crippen LogP contribution is -1.80. The molecule has 2 aromatic rings. The van der Waals surface area contributed by atoms with E-state index in [0.717, 1.165) is 20.9 Å². The molecular weight excluding hydrogens is 218 g/mol. The smallest absolute Gasteiger partial charge is 0.0682 e. The van der Waals surface area contributed by atoms with Gasteiger partial charge in [-0.1, -0.05) is 12.1 Å². The number of aromatic amines is 1. The summed E-state index contributed by atoms with van der Waals surface area (Å²) < 4.78 is 1.06. The molecule has 0 radical (unpaired) electrons. The molecule has 0 saturated carbocycles. The van der Waals surface area contributed by atoms with Crippen LogP contribution in [0.2, 0.25) is 0 Å². The monoisotopic (exact) mass is 225 g/mol. The Kier molecular flexibility index (Phi) is 1.90. The molecule has 0 atom stereocenters. The normalized spacial score (nSPS) is 10.8. The topological polar surface area (TPSA) is 36.0 Å². The molecule has 0 spiro atoms. The third-order valence-corrected chi connectivity index (χ3v) is 2.53. The Labute approximate surface area is 78.3 Å². The van der Waals surface area contributed by atoms with Crippen LogP contribution in [-0.4, -0.2) is 10.1 Å². The Morgan fingerprint density at radius 1 is 1.42 bits per heavy atom. The first kappa shape index (κ1) is 7.83. The summed E-state index contributed by atoms with van der Waals surface area (Å²) in [4.78, 5) is 3.10. The Balaban J connectivity index is 2.69. The minimum absolute atomic E-state index is 0.0899. The van der Waals surface area contributed by atoms with Gasteiger partial charge < -0.3 is 10.1 Å². The van der Waals surface area contributed by atoms with Gasteiger partial charge in [0, 0.05) is 21.6 Å². The van der Waals surface area contributed by atoms with E-state index in [1.54, 1.807) is 0 Å². The molecular formula is C9H8BrNO. The number of rotatable bonds is 1. The fraction of sp³-hybridized carbons (Fsp3) is 0.111. The highest BCUT2D eigenvalue weighted by atomic mass is 79.9. The molecule has 0 aliphatic heterocycles. The second-order valence-corrected chi connectivity index (χ2v) is 3.53. The van der Waals surface area contributed by atoms with Crippen LogP contribution in [0.4, 0.5) is 0 Å². The van der Waals surface area contributed by atoms with Crippen molar-refractivity contribution < 1.29 is 5.11 Å². The number of benzene rings is 1. The highest BCUT2D eigenvalue weighted by Crippen LogP contribution is 2.23. The minimum Gasteiger partial charge on any atom is -0.392 e. The van der Waals surface area contributed by atoms with Gasteiger partial charge in [0.05, 0.1) is 6.61 Å². The van der Waals surface area contributed by atoms with Crippen LogP contribution >= 0.6 is 15.9 Å². The van der Waals surface area contributed by atoms with Crippen LogP contribution < -0.4 is 0 Å². The molecule has 2 rings (SSSR count). The molecule has 0 bridgehead atoms. The summed E-state index contributed by atoms with van der Waals surface area (Å²) >= 11 is 3.42. The number of aliphatic hydroxyl groups excluding tert-OH is 1. The van der Waals surface area contributed by atoms with Crippen molar-refractivity contribution in [2.45, 2.75) is 6.61 Å². The summed E-state index contributed by atoms with van der Waals surface area (Å²) in [6.07, 6.45) is 1.89. The SMILES string of the molecule is OCc1ccc2c(Br)c[nH]c2c1. The quantitative estimate of drug-likeness (QED) is 0.769. The molecule has 2 nitrogen and oxygen atoms in total. The summed E-state index contributed by atoms with van der Waals surface area (Å²) in [5.41, 5.74) is 1.98. The van der Waals surface area contributed by atoms with Gasteiger partial charge in [-0.05, 0) is 27.6 Å². The van der Waals surface area contributed by atoms with Gasteiger partial charge in [0.15, 0.2) is 0 Å². The summed E-state index contributed by atoms with van der Waals surface area (Å²) in [5, 5.41) is 10.0. The number of aliphatic hydroxyl groups is 1. The third kappa shape index (κ3) is 1.15. The number of aromatic nitrogens is 1. The molecule has 0 aliphatic carbocycles. The lowest BCUT2D eigenvalue weighted by molar-refractivity contribution is 0.282. The van der Waals surface area contributed by atoms with Crippen LogP contribution in [0.15, 0.2) is 28.9 Å². The molecule has 62 valence electrons. The van der Waals surface area contributed by atoms with Crippen LogP contribution in [-0.2, 0) is 6.61 Å². The third-order valence-electron chi connectivity index (χ3n) is 1.88. The second kappa shape index (κ2) is 2.92. The Hall–Kier alpha value is -0.800. The number of hydrogen-bond acceptors (Lipinski definition) is 1. The first-order valence-corrected chi connectivity index (χ1v) is 4.47. The molecule has 0 amide bonds. The fourth-order valence-corrected chi connectivity index (χ4v) is 1.70. The van der Waals surface area contributed by atoms with Crippen LogP contribution in [0.25, 0.3) is 10.9 Å². The molecule has 0 saturated heterocycles. The zero-order chi connectivity index (χ0) is 8.55. The van der Waals surface area contributed by atoms with E-state index >= 15 is 0 Å². The van der Waals surface area contributed by atoms with Crippen molar-refractivity contribution in [3.05, 3.63) is 34.4 Å². The van der Waals surface area contributed by atoms with Crippen LogP contribution in [0.1, 0.15) is 5.56 Å². The van der Waals surface area contributed by atoms with Crippen molar-refractivity contribution in [3.8, 4) is 0 Å². The highest BCUT2D eigenvalue weighted by molar-refractivity contribution is 9.10. The van der Waals surface area contributed by atoms with Crippen molar-refractivity contribution in [1.82, 2.24) is 4.98 Å². The Morgan fingerprint density at radius 2 is 2.25 bits per heavy atom. The molecule has 3 heteroatoms. The van der Waals surface area contributed by atoms with E-state index in [1.165, 1.54) is 0 Å². The molecule has 2 N–H and O–H groups in total. The summed E-state index contributed by atoms with van der Waals surface area (Å²) in [6, 6.07) is 5.85. The molecule has 0 fully saturated rings. The standard InChI is InChI=1S/C9H8BrNO/c10-8-4-11-9-3-6(5-12)1-2-7(8)9/h1-4,11-12H,5H2. The van der Waals surface area contributed by atoms with Crippen LogP contribution in [0.5, 0.6) is 0 Å². The van der Waals surface area contributed by atoms with Gasteiger partial charge in [0.2, 0.25) is 0 Å². The number of halogens is 1. The van der Waals surface area contributed by atoms with Crippen molar-refractivity contribution in [2.75, 3.05) is 0 Å². The van der Waals surface area contributed by atoms with Gasteiger partial charge in [-0.3, -0.25) is 0 Å². The van der Waals surface area contributed by atoms with E-state index in [9.17, 15) is 0 Å². The molecule has 1 aromatic heterocycles. The zero-order valence-corrected chi connectivity index (χ0v) is 7.93. The minimum atomic E-state index is 0.0899. The van der Waals surface area contributed by atoms with Gasteiger partial charge in [-0.25, -0.2) is 0 Å². The lowest BCUT2D eigenvalue weighted by atomic mass is 10.2. The van der Waals surface area contributed by atoms with Crippen molar-refractivity contribution in [2.24, 2.45) is 0 Å². The van der Waals surface area contributed by atoms with E-state index in [0.29, 0.717) is 0 Å². The summed E-state index contributed by atoms with van der Waals surface area (Å²) in [7, 11) is 0. The van der Waals surface area contributed by atoms with Gasteiger partial charge in [-0.2, -0.15) is 0 Å². The molecule has 1 aromatic carbocycles. The maximum Gasteiger partial charge on any atom is 0.0682 e. The molecule has 0 aliphatic rings. The van der Waals surface area contributed by atoms with E-state index in [4.69, 9.17) is 5.11 Å². The highest BCUT2D eigenvalue weighted by Gasteiger charge is 2.00. The summed E-state index contributed by atoms with van der Waals surface area (Å²) in [6.45, 7) is 0.0899. The first-order chi connectivity index (χ1) is 5.81. The van der Waals surface area contributed by atoms with E-state index in [-0.39, 0.29) is 6.61 Å². The Bertz CT molecular complexity index is 408. The largest absolute Gasteiger partial charge is 0.392 e. The lowest BCUT2D eigenvalue weighted by Gasteiger charge is -1.95. The van der Waals surface area contributed by atoms with E-state index in [1.807, 2.05) is 24.4 Å². The van der Waals surface area contributed by atoms with Crippen LogP contribution in [0, 0.1) is 0 Å². The number of fused-ring (bicyclic) bond motifs is 1. The Morgan fingerprint density at radius 3 is 3.00 bits per heavy atom. The van der Waals surface area contributed by atoms with Gasteiger partial charge in [0.25, 0.3) is 0 Å². The maximum atomic E-state index is 8.88. The van der Waals surface area contributed by atoms with Crippen molar-refractivity contribution >= 4 is 26.8 Å². The number of nitrogens with one attached hydrogen (secondary N) is 1. The first-order valence-electron chi connectivity index (χ1n) is 3.67. The van der Waals surface area contributed by atoms with Crippen molar-refractivity contribution in [3.63, 3.8) is 0 Å². The van der Waals surface area contributed by atoms with Gasteiger partial charge in [-0.15, -0.1) is 0 Å². The fourth-order valence-electron chi connectivity index (χ4n) is 1.24. The maximum absolute atomic E-state index is 8.88. The zero-order valence-electron chi connectivity index (χ0n) is 6.34. The van der Waals surface area contributed by atoms with Gasteiger partial charge >= 0.3 is 0 Å². The predicted octanol–water partition coefficient (Wildman–Crippen LogP) is 2.42. The van der Waals surface area contributed by atoms with Crippen LogP contribution in [0.3, 0.4) is 0 Å². The number of H-pyrrole nitrogens is 1. The van der Waals surface area contributed by atoms with Gasteiger partial charge in [0.1, 0.15) is 0 Å². The molecule has 0 unspecified atom stereocenters. The predicted molar refractivity (Wildman–Crippen MR) is 51.9 cm³/mol.